The van der Waals surface area contributed by atoms with E-state index in [9.17, 15) is 9.59 Å². The number of nitrogens with zero attached hydrogens (tertiary/aromatic N) is 3. The molecule has 0 bridgehead atoms. The fraction of sp³-hybridized carbons (Fsp3) is 0.579. The molecule has 0 atom stereocenters. The van der Waals surface area contributed by atoms with E-state index < -0.39 is 0 Å². The topological polar surface area (TPSA) is 55.9 Å². The van der Waals surface area contributed by atoms with Crippen molar-refractivity contribution in [2.45, 2.75) is 20.3 Å². The molecule has 3 amide bonds. The highest BCUT2D eigenvalue weighted by molar-refractivity contribution is 5.78. The Bertz CT molecular complexity index is 562. The van der Waals surface area contributed by atoms with Crippen LogP contribution in [-0.2, 0) is 4.79 Å². The van der Waals surface area contributed by atoms with Crippen molar-refractivity contribution < 1.29 is 9.59 Å². The summed E-state index contributed by atoms with van der Waals surface area (Å²) in [6.07, 6.45) is 0.829. The lowest BCUT2D eigenvalue weighted by Gasteiger charge is -2.24. The molecule has 138 valence electrons. The van der Waals surface area contributed by atoms with Crippen LogP contribution in [0.2, 0.25) is 0 Å². The zero-order chi connectivity index (χ0) is 18.2. The predicted octanol–water partition coefficient (Wildman–Crippen LogP) is 2.02. The fourth-order valence-electron chi connectivity index (χ4n) is 2.96. The lowest BCUT2D eigenvalue weighted by Crippen LogP contribution is -2.44. The maximum atomic E-state index is 12.4. The van der Waals surface area contributed by atoms with Crippen LogP contribution in [-0.4, -0.2) is 68.1 Å². The second-order valence-corrected chi connectivity index (χ2v) is 6.81. The number of carbonyl (C=O) groups excluding carboxylic acids is 2. The Kier molecular flexibility index (Phi) is 7.10. The molecule has 1 aromatic carbocycles. The van der Waals surface area contributed by atoms with Crippen LogP contribution in [0.4, 0.5) is 10.5 Å². The average Bonchev–Trinajstić information content (AvgIpc) is 2.87. The Labute approximate surface area is 150 Å². The first kappa shape index (κ1) is 19.1. The second-order valence-electron chi connectivity index (χ2n) is 6.81. The summed E-state index contributed by atoms with van der Waals surface area (Å²) < 4.78 is 0. The average molecular weight is 346 g/mol. The molecule has 25 heavy (non-hydrogen) atoms. The van der Waals surface area contributed by atoms with Crippen molar-refractivity contribution in [3.8, 4) is 0 Å². The van der Waals surface area contributed by atoms with Gasteiger partial charge in [-0.2, -0.15) is 0 Å². The molecule has 1 aromatic rings. The summed E-state index contributed by atoms with van der Waals surface area (Å²) >= 11 is 0. The van der Waals surface area contributed by atoms with Crippen molar-refractivity contribution in [2.75, 3.05) is 51.2 Å². The molecule has 2 rings (SSSR count). The Morgan fingerprint density at radius 3 is 2.40 bits per heavy atom. The first-order chi connectivity index (χ1) is 12.0. The zero-order valence-corrected chi connectivity index (χ0v) is 15.6. The van der Waals surface area contributed by atoms with Crippen LogP contribution < -0.4 is 10.2 Å². The summed E-state index contributed by atoms with van der Waals surface area (Å²) in [7, 11) is 2.02. The number of urea groups is 1. The molecule has 0 radical (unpaired) electrons. The molecular formula is C19H30N4O2. The quantitative estimate of drug-likeness (QED) is 0.887. The van der Waals surface area contributed by atoms with Crippen LogP contribution in [0.1, 0.15) is 20.3 Å². The minimum Gasteiger partial charge on any atom is -0.373 e. The third kappa shape index (κ3) is 5.66. The summed E-state index contributed by atoms with van der Waals surface area (Å²) in [6, 6.07) is 10.1. The second kappa shape index (κ2) is 9.30. The van der Waals surface area contributed by atoms with Gasteiger partial charge >= 0.3 is 6.03 Å². The van der Waals surface area contributed by atoms with Gasteiger partial charge in [-0.25, -0.2) is 4.79 Å². The summed E-state index contributed by atoms with van der Waals surface area (Å²) in [5.74, 6) is 0.181. The number of amides is 3. The molecule has 1 fully saturated rings. The standard InChI is InChI=1S/C19H30N4O2/c1-16(2)18(24)22-11-7-12-23(15-14-22)19(25)20-10-13-21(3)17-8-5-4-6-9-17/h4-6,8-9,16H,7,10-15H2,1-3H3,(H,20,25). The number of nitrogens with one attached hydrogen (secondary N) is 1. The Morgan fingerprint density at radius 2 is 1.72 bits per heavy atom. The highest BCUT2D eigenvalue weighted by atomic mass is 16.2. The molecule has 1 heterocycles. The van der Waals surface area contributed by atoms with Gasteiger partial charge in [0.15, 0.2) is 0 Å². The SMILES string of the molecule is CC(C)C(=O)N1CCCN(C(=O)NCCN(C)c2ccccc2)CC1. The monoisotopic (exact) mass is 346 g/mol. The molecule has 1 aliphatic heterocycles. The van der Waals surface area contributed by atoms with Gasteiger partial charge in [-0.05, 0) is 18.6 Å². The highest BCUT2D eigenvalue weighted by Gasteiger charge is 2.23. The predicted molar refractivity (Wildman–Crippen MR) is 101 cm³/mol. The van der Waals surface area contributed by atoms with Gasteiger partial charge in [-0.15, -0.1) is 0 Å². The van der Waals surface area contributed by atoms with Crippen molar-refractivity contribution in [2.24, 2.45) is 5.92 Å². The highest BCUT2D eigenvalue weighted by Crippen LogP contribution is 2.10. The zero-order valence-electron chi connectivity index (χ0n) is 15.6. The summed E-state index contributed by atoms with van der Waals surface area (Å²) in [5, 5.41) is 2.99. The number of rotatable bonds is 5. The number of anilines is 1. The van der Waals surface area contributed by atoms with E-state index in [2.05, 4.69) is 22.3 Å². The van der Waals surface area contributed by atoms with Gasteiger partial charge in [0.1, 0.15) is 0 Å². The van der Waals surface area contributed by atoms with Gasteiger partial charge in [0, 0.05) is 57.9 Å². The third-order valence-corrected chi connectivity index (χ3v) is 4.51. The van der Waals surface area contributed by atoms with Crippen LogP contribution in [0.15, 0.2) is 30.3 Å². The van der Waals surface area contributed by atoms with Crippen molar-refractivity contribution in [3.63, 3.8) is 0 Å². The maximum absolute atomic E-state index is 12.4. The van der Waals surface area contributed by atoms with Crippen LogP contribution in [0.25, 0.3) is 0 Å². The number of benzene rings is 1. The number of likely N-dealkylation sites (N-methyl/N-ethyl adjacent to an activating group) is 1. The fourth-order valence-corrected chi connectivity index (χ4v) is 2.96. The molecule has 0 unspecified atom stereocenters. The summed E-state index contributed by atoms with van der Waals surface area (Å²) in [4.78, 5) is 30.3. The van der Waals surface area contributed by atoms with Gasteiger partial charge in [-0.3, -0.25) is 4.79 Å². The first-order valence-corrected chi connectivity index (χ1v) is 9.07. The molecule has 6 nitrogen and oxygen atoms in total. The lowest BCUT2D eigenvalue weighted by molar-refractivity contribution is -0.134. The van der Waals surface area contributed by atoms with E-state index in [4.69, 9.17) is 0 Å². The van der Waals surface area contributed by atoms with E-state index in [1.165, 1.54) is 0 Å². The number of hydrogen-bond donors (Lipinski definition) is 1. The van der Waals surface area contributed by atoms with E-state index >= 15 is 0 Å². The molecule has 1 N–H and O–H groups in total. The van der Waals surface area contributed by atoms with Gasteiger partial charge < -0.3 is 20.0 Å². The van der Waals surface area contributed by atoms with E-state index in [0.29, 0.717) is 26.2 Å². The van der Waals surface area contributed by atoms with Crippen LogP contribution >= 0.6 is 0 Å². The molecule has 0 aliphatic carbocycles. The molecule has 0 aromatic heterocycles. The van der Waals surface area contributed by atoms with Gasteiger partial charge in [0.2, 0.25) is 5.91 Å². The number of hydrogen-bond acceptors (Lipinski definition) is 3. The molecule has 1 aliphatic rings. The number of carbonyl (C=O) groups is 2. The minimum atomic E-state index is -0.0414. The minimum absolute atomic E-state index is 0.00824. The van der Waals surface area contributed by atoms with Crippen LogP contribution in [0.3, 0.4) is 0 Å². The van der Waals surface area contributed by atoms with Gasteiger partial charge in [0.05, 0.1) is 0 Å². The summed E-state index contributed by atoms with van der Waals surface area (Å²) in [5.41, 5.74) is 1.13. The molecule has 1 saturated heterocycles. The Hall–Kier alpha value is -2.24. The smallest absolute Gasteiger partial charge is 0.317 e. The largest absolute Gasteiger partial charge is 0.373 e. The Morgan fingerprint density at radius 1 is 1.08 bits per heavy atom. The van der Waals surface area contributed by atoms with Gasteiger partial charge in [0.25, 0.3) is 0 Å². The lowest BCUT2D eigenvalue weighted by atomic mass is 10.2. The summed E-state index contributed by atoms with van der Waals surface area (Å²) in [6.45, 7) is 7.83. The van der Waals surface area contributed by atoms with Gasteiger partial charge in [-0.1, -0.05) is 32.0 Å². The van der Waals surface area contributed by atoms with Crippen molar-refractivity contribution in [1.82, 2.24) is 15.1 Å². The van der Waals surface area contributed by atoms with E-state index in [1.807, 2.05) is 48.9 Å². The van der Waals surface area contributed by atoms with Crippen LogP contribution in [0.5, 0.6) is 0 Å². The normalized spacial score (nSPS) is 15.0. The van der Waals surface area contributed by atoms with E-state index in [1.54, 1.807) is 0 Å². The maximum Gasteiger partial charge on any atom is 0.317 e. The third-order valence-electron chi connectivity index (χ3n) is 4.51. The molecular weight excluding hydrogens is 316 g/mol. The molecule has 0 spiro atoms. The molecule has 0 saturated carbocycles. The first-order valence-electron chi connectivity index (χ1n) is 9.07. The van der Waals surface area contributed by atoms with E-state index in [0.717, 1.165) is 25.2 Å². The van der Waals surface area contributed by atoms with Crippen molar-refractivity contribution in [1.29, 1.82) is 0 Å². The van der Waals surface area contributed by atoms with Crippen LogP contribution in [0, 0.1) is 5.92 Å². The van der Waals surface area contributed by atoms with Crippen molar-refractivity contribution in [3.05, 3.63) is 30.3 Å². The van der Waals surface area contributed by atoms with Crippen molar-refractivity contribution >= 4 is 17.6 Å². The molecule has 6 heteroatoms. The number of para-hydroxylation sites is 1. The Balaban J connectivity index is 1.75. The van der Waals surface area contributed by atoms with E-state index in [-0.39, 0.29) is 17.9 Å².